The average molecular weight is 358 g/mol. The number of thioether (sulfide) groups is 1. The van der Waals surface area contributed by atoms with E-state index >= 15 is 0 Å². The Bertz CT molecular complexity index is 661. The van der Waals surface area contributed by atoms with Gasteiger partial charge < -0.3 is 15.2 Å². The summed E-state index contributed by atoms with van der Waals surface area (Å²) in [6.45, 7) is 2.60. The molecule has 1 aliphatic rings. The predicted octanol–water partition coefficient (Wildman–Crippen LogP) is 2.69. The average Bonchev–Trinajstić information content (AvgIpc) is 3.33. The first-order valence-corrected chi connectivity index (χ1v) is 10.00. The molecule has 0 saturated carbocycles. The van der Waals surface area contributed by atoms with E-state index in [2.05, 4.69) is 67.3 Å². The Labute approximate surface area is 154 Å². The van der Waals surface area contributed by atoms with Crippen molar-refractivity contribution in [3.8, 4) is 0 Å². The van der Waals surface area contributed by atoms with Gasteiger partial charge in [0.25, 0.3) is 0 Å². The van der Waals surface area contributed by atoms with Gasteiger partial charge in [-0.15, -0.1) is 0 Å². The summed E-state index contributed by atoms with van der Waals surface area (Å²) in [5.41, 5.74) is 1.35. The topological polar surface area (TPSA) is 54.2 Å². The Kier molecular flexibility index (Phi) is 6.79. The van der Waals surface area contributed by atoms with E-state index in [0.717, 1.165) is 31.3 Å². The molecule has 1 atom stereocenters. The van der Waals surface area contributed by atoms with Gasteiger partial charge in [0.1, 0.15) is 5.82 Å². The van der Waals surface area contributed by atoms with Crippen molar-refractivity contribution in [1.29, 1.82) is 0 Å². The number of nitrogens with one attached hydrogen (secondary N) is 2. The molecule has 0 spiro atoms. The molecule has 1 aliphatic heterocycles. The van der Waals surface area contributed by atoms with Crippen molar-refractivity contribution in [2.45, 2.75) is 37.6 Å². The normalized spacial score (nSPS) is 17.6. The number of hydrogen-bond donors (Lipinski definition) is 2. The van der Waals surface area contributed by atoms with Crippen molar-refractivity contribution in [1.82, 2.24) is 20.2 Å². The Morgan fingerprint density at radius 2 is 2.20 bits per heavy atom. The number of aromatic nitrogens is 2. The van der Waals surface area contributed by atoms with E-state index in [0.29, 0.717) is 11.8 Å². The minimum atomic E-state index is 0.680. The van der Waals surface area contributed by atoms with Crippen molar-refractivity contribution >= 4 is 17.7 Å². The van der Waals surface area contributed by atoms with Crippen LogP contribution in [-0.2, 0) is 19.5 Å². The maximum absolute atomic E-state index is 4.49. The molecule has 0 bridgehead atoms. The summed E-state index contributed by atoms with van der Waals surface area (Å²) in [7, 11) is 1.82. The number of aliphatic imine (C=N–C) groups is 1. The molecule has 2 heterocycles. The van der Waals surface area contributed by atoms with Crippen molar-refractivity contribution in [3.63, 3.8) is 0 Å². The van der Waals surface area contributed by atoms with Gasteiger partial charge in [-0.05, 0) is 30.6 Å². The van der Waals surface area contributed by atoms with Crippen LogP contribution in [0.3, 0.4) is 0 Å². The molecule has 0 aliphatic carbocycles. The third-order valence-corrected chi connectivity index (χ3v) is 5.84. The van der Waals surface area contributed by atoms with E-state index in [1.165, 1.54) is 24.2 Å². The molecule has 0 radical (unpaired) electrons. The molecule has 2 N–H and O–H groups in total. The monoisotopic (exact) mass is 357 g/mol. The molecule has 1 aromatic heterocycles. The van der Waals surface area contributed by atoms with Crippen LogP contribution in [0.15, 0.2) is 47.7 Å². The van der Waals surface area contributed by atoms with Crippen LogP contribution < -0.4 is 10.6 Å². The van der Waals surface area contributed by atoms with Gasteiger partial charge >= 0.3 is 0 Å². The maximum Gasteiger partial charge on any atom is 0.191 e. The second kappa shape index (κ2) is 9.51. The third-order valence-electron chi connectivity index (χ3n) is 4.44. The molecule has 1 aromatic carbocycles. The lowest BCUT2D eigenvalue weighted by Crippen LogP contribution is -2.40. The molecular formula is C19H27N5S. The Morgan fingerprint density at radius 1 is 1.32 bits per heavy atom. The lowest BCUT2D eigenvalue weighted by Gasteiger charge is -2.15. The number of nitrogens with zero attached hydrogens (tertiary/aromatic N) is 3. The Morgan fingerprint density at radius 3 is 2.96 bits per heavy atom. The number of rotatable bonds is 7. The van der Waals surface area contributed by atoms with Crippen LogP contribution in [-0.4, -0.2) is 40.1 Å². The van der Waals surface area contributed by atoms with E-state index in [-0.39, 0.29) is 0 Å². The minimum absolute atomic E-state index is 0.680. The highest BCUT2D eigenvalue weighted by Gasteiger charge is 2.15. The number of guanidine groups is 1. The van der Waals surface area contributed by atoms with Crippen molar-refractivity contribution < 1.29 is 0 Å². The van der Waals surface area contributed by atoms with Crippen LogP contribution in [0, 0.1) is 0 Å². The molecule has 6 heteroatoms. The second-order valence-corrected chi connectivity index (χ2v) is 7.62. The molecule has 1 unspecified atom stereocenters. The quantitative estimate of drug-likeness (QED) is 0.591. The van der Waals surface area contributed by atoms with Crippen LogP contribution >= 0.6 is 11.8 Å². The first kappa shape index (κ1) is 17.9. The summed E-state index contributed by atoms with van der Waals surface area (Å²) < 4.78 is 2.21. The van der Waals surface area contributed by atoms with E-state index < -0.39 is 0 Å². The summed E-state index contributed by atoms with van der Waals surface area (Å²) in [5, 5.41) is 7.53. The van der Waals surface area contributed by atoms with Gasteiger partial charge in [0.15, 0.2) is 5.96 Å². The zero-order valence-corrected chi connectivity index (χ0v) is 15.6. The molecule has 5 nitrogen and oxygen atoms in total. The van der Waals surface area contributed by atoms with Gasteiger partial charge in [-0.2, -0.15) is 11.8 Å². The summed E-state index contributed by atoms with van der Waals surface area (Å²) >= 11 is 2.06. The molecule has 134 valence electrons. The van der Waals surface area contributed by atoms with E-state index in [1.807, 2.05) is 19.4 Å². The van der Waals surface area contributed by atoms with Crippen molar-refractivity contribution in [3.05, 3.63) is 54.1 Å². The number of aryl methyl sites for hydroxylation is 2. The fraction of sp³-hybridized carbons (Fsp3) is 0.474. The van der Waals surface area contributed by atoms with Crippen LogP contribution in [0.5, 0.6) is 0 Å². The second-order valence-electron chi connectivity index (χ2n) is 6.21. The SMILES string of the molecule is CN=C(NCc1nccn1CCc1ccccc1)NCC1CCCS1. The maximum atomic E-state index is 4.49. The van der Waals surface area contributed by atoms with Crippen LogP contribution in [0.4, 0.5) is 0 Å². The van der Waals surface area contributed by atoms with E-state index in [9.17, 15) is 0 Å². The summed E-state index contributed by atoms with van der Waals surface area (Å²) in [6, 6.07) is 10.6. The number of imidazole rings is 1. The molecule has 1 saturated heterocycles. The fourth-order valence-corrected chi connectivity index (χ4v) is 4.21. The zero-order chi connectivity index (χ0) is 17.3. The van der Waals surface area contributed by atoms with Gasteiger partial charge in [0.2, 0.25) is 0 Å². The lowest BCUT2D eigenvalue weighted by atomic mass is 10.1. The Hall–Kier alpha value is -1.95. The van der Waals surface area contributed by atoms with Crippen molar-refractivity contribution in [2.75, 3.05) is 19.3 Å². The Balaban J connectivity index is 1.46. The first-order valence-electron chi connectivity index (χ1n) is 8.95. The van der Waals surface area contributed by atoms with E-state index in [1.54, 1.807) is 0 Å². The first-order chi connectivity index (χ1) is 12.3. The van der Waals surface area contributed by atoms with E-state index in [4.69, 9.17) is 0 Å². The summed E-state index contributed by atoms with van der Waals surface area (Å²) in [4.78, 5) is 8.81. The summed E-state index contributed by atoms with van der Waals surface area (Å²) in [6.07, 6.45) is 7.56. The smallest absolute Gasteiger partial charge is 0.191 e. The van der Waals surface area contributed by atoms with Crippen LogP contribution in [0.2, 0.25) is 0 Å². The number of benzene rings is 1. The fourth-order valence-electron chi connectivity index (χ4n) is 3.00. The zero-order valence-electron chi connectivity index (χ0n) is 14.8. The van der Waals surface area contributed by atoms with Gasteiger partial charge in [0, 0.05) is 37.8 Å². The highest BCUT2D eigenvalue weighted by Crippen LogP contribution is 2.25. The minimum Gasteiger partial charge on any atom is -0.355 e. The van der Waals surface area contributed by atoms with Gasteiger partial charge in [-0.1, -0.05) is 30.3 Å². The molecule has 0 amide bonds. The molecular weight excluding hydrogens is 330 g/mol. The largest absolute Gasteiger partial charge is 0.355 e. The van der Waals surface area contributed by atoms with Crippen molar-refractivity contribution in [2.24, 2.45) is 4.99 Å². The molecule has 2 aromatic rings. The predicted molar refractivity (Wildman–Crippen MR) is 106 cm³/mol. The third kappa shape index (κ3) is 5.53. The molecule has 25 heavy (non-hydrogen) atoms. The summed E-state index contributed by atoms with van der Waals surface area (Å²) in [5.74, 6) is 3.18. The molecule has 1 fully saturated rings. The van der Waals surface area contributed by atoms with Gasteiger partial charge in [-0.25, -0.2) is 4.98 Å². The van der Waals surface area contributed by atoms with Crippen LogP contribution in [0.1, 0.15) is 24.2 Å². The highest BCUT2D eigenvalue weighted by atomic mass is 32.2. The van der Waals surface area contributed by atoms with Crippen LogP contribution in [0.25, 0.3) is 0 Å². The highest BCUT2D eigenvalue weighted by molar-refractivity contribution is 8.00. The lowest BCUT2D eigenvalue weighted by molar-refractivity contribution is 0.633. The molecule has 3 rings (SSSR count). The van der Waals surface area contributed by atoms with Gasteiger partial charge in [-0.3, -0.25) is 4.99 Å². The number of hydrogen-bond acceptors (Lipinski definition) is 3. The van der Waals surface area contributed by atoms with Gasteiger partial charge in [0.05, 0.1) is 6.54 Å². The standard InChI is InChI=1S/C19H27N5S/c1-20-19(22-14-17-8-5-13-25-17)23-15-18-21-10-12-24(18)11-9-16-6-3-2-4-7-16/h2-4,6-7,10,12,17H,5,8-9,11,13-15H2,1H3,(H2,20,22,23).